The maximum atomic E-state index is 4.37. The third-order valence-electron chi connectivity index (χ3n) is 3.83. The molecular weight excluding hydrogens is 236 g/mol. The third-order valence-corrected chi connectivity index (χ3v) is 3.83. The minimum absolute atomic E-state index is 0.0464. The highest BCUT2D eigenvalue weighted by molar-refractivity contribution is 5.56. The van der Waals surface area contributed by atoms with Crippen molar-refractivity contribution in [2.45, 2.75) is 18.6 Å². The van der Waals surface area contributed by atoms with E-state index in [1.54, 1.807) is 0 Å². The number of rotatable bonds is 0. The van der Waals surface area contributed by atoms with Crippen LogP contribution in [0.15, 0.2) is 58.9 Å². The number of benzene rings is 2. The molecule has 2 aliphatic heterocycles. The summed E-state index contributed by atoms with van der Waals surface area (Å²) in [7, 11) is 0. The minimum atomic E-state index is 0.0464. The monoisotopic (exact) mass is 250 g/mol. The molecule has 0 bridgehead atoms. The largest absolute Gasteiger partial charge is 0.381 e. The van der Waals surface area contributed by atoms with Gasteiger partial charge in [0, 0.05) is 17.8 Å². The highest BCUT2D eigenvalue weighted by atomic mass is 15.5. The first-order valence-corrected chi connectivity index (χ1v) is 6.49. The van der Waals surface area contributed by atoms with Crippen molar-refractivity contribution in [3.63, 3.8) is 0 Å². The lowest BCUT2D eigenvalue weighted by atomic mass is 9.89. The van der Waals surface area contributed by atoms with E-state index in [1.165, 1.54) is 16.7 Å². The number of fused-ring (bicyclic) bond motifs is 5. The molecule has 0 amide bonds. The summed E-state index contributed by atoms with van der Waals surface area (Å²) in [6.07, 6.45) is 0. The van der Waals surface area contributed by atoms with Crippen LogP contribution in [0.5, 0.6) is 0 Å². The second-order valence-corrected chi connectivity index (χ2v) is 4.91. The molecule has 2 atom stereocenters. The van der Waals surface area contributed by atoms with Gasteiger partial charge in [-0.25, -0.2) is 0 Å². The van der Waals surface area contributed by atoms with Crippen LogP contribution in [0.4, 0.5) is 5.69 Å². The van der Waals surface area contributed by atoms with Crippen LogP contribution in [0.2, 0.25) is 0 Å². The Morgan fingerprint density at radius 2 is 1.74 bits per heavy atom. The van der Waals surface area contributed by atoms with Gasteiger partial charge < -0.3 is 5.32 Å². The van der Waals surface area contributed by atoms with Gasteiger partial charge in [-0.05, 0) is 17.2 Å². The zero-order valence-corrected chi connectivity index (χ0v) is 10.4. The fourth-order valence-electron chi connectivity index (χ4n) is 2.88. The summed E-state index contributed by atoms with van der Waals surface area (Å²) >= 11 is 0. The Morgan fingerprint density at radius 3 is 2.68 bits per heavy atom. The molecule has 0 saturated heterocycles. The lowest BCUT2D eigenvalue weighted by Gasteiger charge is -2.26. The van der Waals surface area contributed by atoms with E-state index in [1.807, 2.05) is 6.07 Å². The van der Waals surface area contributed by atoms with Crippen LogP contribution in [0, 0.1) is 0 Å². The van der Waals surface area contributed by atoms with Crippen molar-refractivity contribution in [1.82, 2.24) is 5.43 Å². The van der Waals surface area contributed by atoms with Crippen LogP contribution < -0.4 is 10.7 Å². The second-order valence-electron chi connectivity index (χ2n) is 4.91. The molecule has 4 heteroatoms. The topological polar surface area (TPSA) is 48.8 Å². The molecule has 0 spiro atoms. The van der Waals surface area contributed by atoms with Crippen LogP contribution in [0.1, 0.15) is 28.8 Å². The van der Waals surface area contributed by atoms with Gasteiger partial charge in [-0.1, -0.05) is 47.7 Å². The van der Waals surface area contributed by atoms with E-state index in [9.17, 15) is 0 Å². The van der Waals surface area contributed by atoms with Crippen molar-refractivity contribution >= 4 is 5.69 Å². The van der Waals surface area contributed by atoms with E-state index < -0.39 is 0 Å². The van der Waals surface area contributed by atoms with E-state index in [-0.39, 0.29) is 12.1 Å². The van der Waals surface area contributed by atoms with Gasteiger partial charge in [-0.3, -0.25) is 5.43 Å². The zero-order valence-electron chi connectivity index (χ0n) is 10.4. The quantitative estimate of drug-likeness (QED) is 0.753. The standard InChI is InChI=1S/C15H14N4/c1-2-6-11-10(5-1)9-16-13-8-4-3-7-12(13)15-14(11)17-19-18-15/h1-8,14-16H,9H2,(H,17,18). The average Bonchev–Trinajstić information content (AvgIpc) is 2.92. The van der Waals surface area contributed by atoms with Crippen molar-refractivity contribution in [2.24, 2.45) is 10.3 Å². The maximum Gasteiger partial charge on any atom is 0.126 e. The number of hydrogen-bond donors (Lipinski definition) is 2. The Balaban J connectivity index is 1.89. The number of para-hydroxylation sites is 1. The Bertz CT molecular complexity index is 650. The Morgan fingerprint density at radius 1 is 0.947 bits per heavy atom. The van der Waals surface area contributed by atoms with Gasteiger partial charge >= 0.3 is 0 Å². The first-order valence-electron chi connectivity index (χ1n) is 6.49. The molecule has 0 aromatic heterocycles. The zero-order chi connectivity index (χ0) is 12.7. The molecule has 2 aromatic rings. The van der Waals surface area contributed by atoms with E-state index in [0.29, 0.717) is 0 Å². The number of nitrogens with one attached hydrogen (secondary N) is 2. The van der Waals surface area contributed by atoms with Gasteiger partial charge in [-0.2, -0.15) is 5.11 Å². The van der Waals surface area contributed by atoms with Gasteiger partial charge in [-0.15, -0.1) is 0 Å². The molecule has 0 aliphatic carbocycles. The van der Waals surface area contributed by atoms with Crippen molar-refractivity contribution in [1.29, 1.82) is 0 Å². The predicted molar refractivity (Wildman–Crippen MR) is 73.7 cm³/mol. The molecular formula is C15H14N4. The van der Waals surface area contributed by atoms with Gasteiger partial charge in [0.1, 0.15) is 6.04 Å². The lowest BCUT2D eigenvalue weighted by Crippen LogP contribution is -2.22. The summed E-state index contributed by atoms with van der Waals surface area (Å²) in [5, 5.41) is 11.9. The van der Waals surface area contributed by atoms with Crippen LogP contribution in [0.3, 0.4) is 0 Å². The lowest BCUT2D eigenvalue weighted by molar-refractivity contribution is 0.545. The first kappa shape index (κ1) is 10.6. The number of hydrogen-bond acceptors (Lipinski definition) is 4. The van der Waals surface area contributed by atoms with Gasteiger partial charge in [0.25, 0.3) is 0 Å². The van der Waals surface area contributed by atoms with Gasteiger partial charge in [0.15, 0.2) is 0 Å². The van der Waals surface area contributed by atoms with Gasteiger partial charge in [0.05, 0.1) is 6.04 Å². The van der Waals surface area contributed by atoms with Gasteiger partial charge in [0.2, 0.25) is 0 Å². The van der Waals surface area contributed by atoms with Crippen LogP contribution in [0.25, 0.3) is 0 Å². The van der Waals surface area contributed by atoms with Crippen molar-refractivity contribution in [3.05, 3.63) is 65.2 Å². The van der Waals surface area contributed by atoms with E-state index in [4.69, 9.17) is 0 Å². The molecule has 0 fully saturated rings. The Kier molecular flexibility index (Phi) is 2.27. The summed E-state index contributed by atoms with van der Waals surface area (Å²) in [6.45, 7) is 0.831. The average molecular weight is 250 g/mol. The molecule has 19 heavy (non-hydrogen) atoms. The molecule has 2 aromatic carbocycles. The molecule has 4 rings (SSSR count). The SMILES string of the molecule is c1ccc2c(c1)CNc1ccccc1C1N=NNC21. The number of nitrogens with zero attached hydrogens (tertiary/aromatic N) is 2. The van der Waals surface area contributed by atoms with Crippen LogP contribution in [-0.2, 0) is 6.54 Å². The Labute approximate surface area is 111 Å². The third kappa shape index (κ3) is 1.60. The minimum Gasteiger partial charge on any atom is -0.381 e. The molecule has 4 nitrogen and oxygen atoms in total. The van der Waals surface area contributed by atoms with Crippen molar-refractivity contribution in [2.75, 3.05) is 5.32 Å². The summed E-state index contributed by atoms with van der Waals surface area (Å²) in [6, 6.07) is 17.0. The molecule has 2 unspecified atom stereocenters. The van der Waals surface area contributed by atoms with E-state index in [2.05, 4.69) is 63.5 Å². The fraction of sp³-hybridized carbons (Fsp3) is 0.200. The first-order chi connectivity index (χ1) is 9.43. The highest BCUT2D eigenvalue weighted by Crippen LogP contribution is 2.41. The Hall–Kier alpha value is -2.36. The van der Waals surface area contributed by atoms with Crippen LogP contribution in [-0.4, -0.2) is 0 Å². The summed E-state index contributed by atoms with van der Waals surface area (Å²) < 4.78 is 0. The molecule has 0 radical (unpaired) electrons. The molecule has 2 aliphatic rings. The second kappa shape index (κ2) is 4.09. The van der Waals surface area contributed by atoms with Crippen LogP contribution >= 0.6 is 0 Å². The van der Waals surface area contributed by atoms with Crippen molar-refractivity contribution < 1.29 is 0 Å². The molecule has 94 valence electrons. The maximum absolute atomic E-state index is 4.37. The normalized spacial score (nSPS) is 23.2. The summed E-state index contributed by atoms with van der Waals surface area (Å²) in [5.41, 5.74) is 8.08. The van der Waals surface area contributed by atoms with E-state index in [0.717, 1.165) is 12.2 Å². The predicted octanol–water partition coefficient (Wildman–Crippen LogP) is 3.36. The van der Waals surface area contributed by atoms with Crippen molar-refractivity contribution in [3.8, 4) is 0 Å². The smallest absolute Gasteiger partial charge is 0.126 e. The summed E-state index contributed by atoms with van der Waals surface area (Å²) in [4.78, 5) is 0. The molecule has 2 heterocycles. The molecule has 0 saturated carbocycles. The number of anilines is 1. The highest BCUT2D eigenvalue weighted by Gasteiger charge is 2.33. The van der Waals surface area contributed by atoms with E-state index >= 15 is 0 Å². The fourth-order valence-corrected chi connectivity index (χ4v) is 2.88. The molecule has 2 N–H and O–H groups in total. The summed E-state index contributed by atoms with van der Waals surface area (Å²) in [5.74, 6) is 0.